The van der Waals surface area contributed by atoms with Crippen LogP contribution < -0.4 is 0 Å². The zero-order valence-corrected chi connectivity index (χ0v) is 10.5. The fourth-order valence-electron chi connectivity index (χ4n) is 1.35. The van der Waals surface area contributed by atoms with Gasteiger partial charge in [-0.05, 0) is 30.7 Å². The van der Waals surface area contributed by atoms with Crippen molar-refractivity contribution in [3.8, 4) is 5.69 Å². The average molecular weight is 287 g/mol. The number of rotatable bonds is 2. The standard InChI is InChI=1S/C10H9BrClN3/c1-7-4-8(12)2-3-10(7)15-6-9(5-11)13-14-15/h2-4,6H,5H2,1H3. The fraction of sp³-hybridized carbons (Fsp3) is 0.200. The van der Waals surface area contributed by atoms with E-state index < -0.39 is 0 Å². The Morgan fingerprint density at radius 1 is 1.47 bits per heavy atom. The smallest absolute Gasteiger partial charge is 0.0937 e. The highest BCUT2D eigenvalue weighted by Crippen LogP contribution is 2.18. The number of aryl methyl sites for hydroxylation is 1. The van der Waals surface area contributed by atoms with Crippen molar-refractivity contribution in [2.24, 2.45) is 0 Å². The van der Waals surface area contributed by atoms with Crippen molar-refractivity contribution >= 4 is 27.5 Å². The number of halogens is 2. The molecule has 0 spiro atoms. The molecule has 0 N–H and O–H groups in total. The van der Waals surface area contributed by atoms with Crippen LogP contribution in [-0.2, 0) is 5.33 Å². The molecule has 1 aromatic carbocycles. The van der Waals surface area contributed by atoms with Crippen molar-refractivity contribution in [1.82, 2.24) is 15.0 Å². The van der Waals surface area contributed by atoms with Gasteiger partial charge in [-0.25, -0.2) is 4.68 Å². The molecule has 5 heteroatoms. The van der Waals surface area contributed by atoms with Crippen LogP contribution >= 0.6 is 27.5 Å². The molecule has 0 radical (unpaired) electrons. The summed E-state index contributed by atoms with van der Waals surface area (Å²) in [6, 6.07) is 5.69. The molecule has 1 heterocycles. The van der Waals surface area contributed by atoms with Gasteiger partial charge in [0.2, 0.25) is 0 Å². The van der Waals surface area contributed by atoms with Gasteiger partial charge >= 0.3 is 0 Å². The molecular formula is C10H9BrClN3. The summed E-state index contributed by atoms with van der Waals surface area (Å²) in [5.41, 5.74) is 2.98. The Kier molecular flexibility index (Phi) is 3.07. The highest BCUT2D eigenvalue weighted by Gasteiger charge is 2.04. The van der Waals surface area contributed by atoms with E-state index in [0.29, 0.717) is 5.33 Å². The lowest BCUT2D eigenvalue weighted by Gasteiger charge is -2.04. The van der Waals surface area contributed by atoms with E-state index in [1.165, 1.54) is 0 Å². The molecule has 1 aromatic heterocycles. The summed E-state index contributed by atoms with van der Waals surface area (Å²) in [7, 11) is 0. The van der Waals surface area contributed by atoms with E-state index >= 15 is 0 Å². The maximum absolute atomic E-state index is 5.88. The molecule has 0 bridgehead atoms. The highest BCUT2D eigenvalue weighted by molar-refractivity contribution is 9.08. The summed E-state index contributed by atoms with van der Waals surface area (Å²) in [6.45, 7) is 2.00. The van der Waals surface area contributed by atoms with Gasteiger partial charge in [0.25, 0.3) is 0 Å². The third-order valence-corrected chi connectivity index (χ3v) is 2.89. The predicted molar refractivity (Wildman–Crippen MR) is 63.7 cm³/mol. The van der Waals surface area contributed by atoms with Crippen LogP contribution in [0.1, 0.15) is 11.3 Å². The third kappa shape index (κ3) is 2.21. The lowest BCUT2D eigenvalue weighted by Crippen LogP contribution is -1.97. The van der Waals surface area contributed by atoms with Crippen LogP contribution in [0.25, 0.3) is 5.69 Å². The van der Waals surface area contributed by atoms with Crippen molar-refractivity contribution in [2.75, 3.05) is 0 Å². The first-order chi connectivity index (χ1) is 7.20. The van der Waals surface area contributed by atoms with Crippen molar-refractivity contribution in [2.45, 2.75) is 12.3 Å². The van der Waals surface area contributed by atoms with Crippen LogP contribution in [0.15, 0.2) is 24.4 Å². The minimum Gasteiger partial charge on any atom is -0.220 e. The van der Waals surface area contributed by atoms with Gasteiger partial charge in [-0.3, -0.25) is 0 Å². The minimum atomic E-state index is 0.708. The van der Waals surface area contributed by atoms with E-state index in [1.54, 1.807) is 4.68 Å². The van der Waals surface area contributed by atoms with Gasteiger partial charge in [0, 0.05) is 10.4 Å². The lowest BCUT2D eigenvalue weighted by molar-refractivity contribution is 0.796. The molecule has 0 amide bonds. The average Bonchev–Trinajstić information content (AvgIpc) is 2.66. The number of hydrogen-bond donors (Lipinski definition) is 0. The second kappa shape index (κ2) is 4.33. The number of nitrogens with zero attached hydrogens (tertiary/aromatic N) is 3. The van der Waals surface area contributed by atoms with Gasteiger partial charge < -0.3 is 0 Å². The Hall–Kier alpha value is -0.870. The Morgan fingerprint density at radius 2 is 2.27 bits per heavy atom. The van der Waals surface area contributed by atoms with Crippen LogP contribution in [0.4, 0.5) is 0 Å². The van der Waals surface area contributed by atoms with Gasteiger partial charge in [-0.1, -0.05) is 32.7 Å². The molecule has 2 aromatic rings. The lowest BCUT2D eigenvalue weighted by atomic mass is 10.2. The summed E-state index contributed by atoms with van der Waals surface area (Å²) in [4.78, 5) is 0. The predicted octanol–water partition coefficient (Wildman–Crippen LogP) is 3.12. The summed E-state index contributed by atoms with van der Waals surface area (Å²) >= 11 is 9.22. The SMILES string of the molecule is Cc1cc(Cl)ccc1-n1cc(CBr)nn1. The quantitative estimate of drug-likeness (QED) is 0.794. The second-order valence-corrected chi connectivity index (χ2v) is 4.22. The van der Waals surface area contributed by atoms with E-state index in [2.05, 4.69) is 26.2 Å². The van der Waals surface area contributed by atoms with Crippen LogP contribution in [0.3, 0.4) is 0 Å². The Bertz CT molecular complexity index is 481. The Morgan fingerprint density at radius 3 is 2.87 bits per heavy atom. The Balaban J connectivity index is 2.44. The van der Waals surface area contributed by atoms with Gasteiger partial charge in [0.05, 0.1) is 17.6 Å². The molecule has 0 unspecified atom stereocenters. The van der Waals surface area contributed by atoms with Crippen LogP contribution in [0.5, 0.6) is 0 Å². The largest absolute Gasteiger partial charge is 0.220 e. The zero-order chi connectivity index (χ0) is 10.8. The van der Waals surface area contributed by atoms with Crippen molar-refractivity contribution in [1.29, 1.82) is 0 Å². The molecule has 0 fully saturated rings. The first-order valence-electron chi connectivity index (χ1n) is 4.44. The molecule has 0 saturated carbocycles. The summed E-state index contributed by atoms with van der Waals surface area (Å²) in [6.07, 6.45) is 1.89. The Labute approximate surface area is 101 Å². The number of alkyl halides is 1. The fourth-order valence-corrected chi connectivity index (χ4v) is 1.84. The molecule has 0 aliphatic rings. The van der Waals surface area contributed by atoms with Crippen LogP contribution in [0.2, 0.25) is 5.02 Å². The normalized spacial score (nSPS) is 10.6. The topological polar surface area (TPSA) is 30.7 Å². The molecule has 3 nitrogen and oxygen atoms in total. The van der Waals surface area contributed by atoms with Gasteiger partial charge in [0.15, 0.2) is 0 Å². The molecule has 0 aliphatic carbocycles. The number of hydrogen-bond acceptors (Lipinski definition) is 2. The highest BCUT2D eigenvalue weighted by atomic mass is 79.9. The van der Waals surface area contributed by atoms with Crippen LogP contribution in [-0.4, -0.2) is 15.0 Å². The van der Waals surface area contributed by atoms with Gasteiger partial charge in [-0.15, -0.1) is 5.10 Å². The molecule has 15 heavy (non-hydrogen) atoms. The van der Waals surface area contributed by atoms with Crippen molar-refractivity contribution in [3.05, 3.63) is 40.7 Å². The summed E-state index contributed by atoms with van der Waals surface area (Å²) < 4.78 is 1.75. The molecule has 0 aliphatic heterocycles. The second-order valence-electron chi connectivity index (χ2n) is 3.22. The maximum Gasteiger partial charge on any atom is 0.0937 e. The monoisotopic (exact) mass is 285 g/mol. The minimum absolute atomic E-state index is 0.708. The third-order valence-electron chi connectivity index (χ3n) is 2.08. The zero-order valence-electron chi connectivity index (χ0n) is 8.11. The molecule has 2 rings (SSSR count). The van der Waals surface area contributed by atoms with Gasteiger partial charge in [0.1, 0.15) is 0 Å². The molecule has 78 valence electrons. The van der Waals surface area contributed by atoms with Crippen molar-refractivity contribution < 1.29 is 0 Å². The van der Waals surface area contributed by atoms with Crippen molar-refractivity contribution in [3.63, 3.8) is 0 Å². The first-order valence-corrected chi connectivity index (χ1v) is 5.94. The maximum atomic E-state index is 5.88. The number of benzene rings is 1. The van der Waals surface area contributed by atoms with Crippen LogP contribution in [0, 0.1) is 6.92 Å². The van der Waals surface area contributed by atoms with Gasteiger partial charge in [-0.2, -0.15) is 0 Å². The molecule has 0 atom stereocenters. The summed E-state index contributed by atoms with van der Waals surface area (Å²) in [5, 5.41) is 9.49. The number of aromatic nitrogens is 3. The summed E-state index contributed by atoms with van der Waals surface area (Å²) in [5.74, 6) is 0. The van der Waals surface area contributed by atoms with E-state index in [4.69, 9.17) is 11.6 Å². The van der Waals surface area contributed by atoms with E-state index in [0.717, 1.165) is 22.0 Å². The molecular weight excluding hydrogens is 277 g/mol. The first kappa shape index (κ1) is 10.6. The van der Waals surface area contributed by atoms with E-state index in [9.17, 15) is 0 Å². The molecule has 0 saturated heterocycles. The van der Waals surface area contributed by atoms with E-state index in [-0.39, 0.29) is 0 Å². The van der Waals surface area contributed by atoms with E-state index in [1.807, 2.05) is 31.3 Å².